The number of hydrogen-bond acceptors (Lipinski definition) is 2. The SMILES string of the molecule is C1=C(c2ccc3c(c2)oc2c(-n4c5ccccc5c5ccccc54)cccc23)CCC(n2c(-c3ccccc3)nc3ccccc32)=C1. The number of para-hydroxylation sites is 5. The quantitative estimate of drug-likeness (QED) is 0.201. The molecule has 10 rings (SSSR count). The Kier molecular flexibility index (Phi) is 5.67. The number of allylic oxidation sites excluding steroid dienone is 4. The summed E-state index contributed by atoms with van der Waals surface area (Å²) in [5.41, 5.74) is 12.3. The van der Waals surface area contributed by atoms with E-state index in [0.29, 0.717) is 0 Å². The molecule has 0 amide bonds. The molecular weight excluding hydrogens is 574 g/mol. The van der Waals surface area contributed by atoms with E-state index in [1.165, 1.54) is 38.6 Å². The molecule has 4 heteroatoms. The van der Waals surface area contributed by atoms with Crippen LogP contribution in [0, 0.1) is 0 Å². The van der Waals surface area contributed by atoms with Crippen molar-refractivity contribution in [1.29, 1.82) is 0 Å². The molecule has 0 atom stereocenters. The molecule has 47 heavy (non-hydrogen) atoms. The maximum atomic E-state index is 6.75. The van der Waals surface area contributed by atoms with Crippen LogP contribution in [0.5, 0.6) is 0 Å². The number of aromatic nitrogens is 3. The molecule has 0 radical (unpaired) electrons. The highest BCUT2D eigenvalue weighted by molar-refractivity contribution is 6.12. The Bertz CT molecular complexity index is 2680. The average Bonchev–Trinajstić information content (AvgIpc) is 3.82. The van der Waals surface area contributed by atoms with Crippen molar-refractivity contribution in [3.8, 4) is 17.1 Å². The maximum absolute atomic E-state index is 6.75. The Balaban J connectivity index is 1.08. The van der Waals surface area contributed by atoms with Crippen molar-refractivity contribution in [3.05, 3.63) is 157 Å². The lowest BCUT2D eigenvalue weighted by molar-refractivity contribution is 0.666. The third-order valence-corrected chi connectivity index (χ3v) is 9.68. The van der Waals surface area contributed by atoms with Gasteiger partial charge in [0.15, 0.2) is 5.58 Å². The maximum Gasteiger partial charge on any atom is 0.159 e. The second-order valence-electron chi connectivity index (χ2n) is 12.3. The summed E-state index contributed by atoms with van der Waals surface area (Å²) in [6.45, 7) is 0. The average molecular weight is 604 g/mol. The van der Waals surface area contributed by atoms with Crippen LogP contribution in [0.2, 0.25) is 0 Å². The van der Waals surface area contributed by atoms with Crippen molar-refractivity contribution >= 4 is 66.0 Å². The zero-order valence-corrected chi connectivity index (χ0v) is 25.6. The molecule has 0 N–H and O–H groups in total. The number of imidazole rings is 1. The topological polar surface area (TPSA) is 35.9 Å². The molecule has 0 saturated carbocycles. The summed E-state index contributed by atoms with van der Waals surface area (Å²) in [6.07, 6.45) is 6.39. The number of hydrogen-bond donors (Lipinski definition) is 0. The van der Waals surface area contributed by atoms with E-state index in [-0.39, 0.29) is 0 Å². The minimum Gasteiger partial charge on any atom is -0.454 e. The summed E-state index contributed by atoms with van der Waals surface area (Å²) < 4.78 is 11.4. The highest BCUT2D eigenvalue weighted by Crippen LogP contribution is 2.40. The van der Waals surface area contributed by atoms with Gasteiger partial charge in [-0.2, -0.15) is 0 Å². The van der Waals surface area contributed by atoms with Crippen molar-refractivity contribution in [3.63, 3.8) is 0 Å². The Morgan fingerprint density at radius 3 is 1.98 bits per heavy atom. The van der Waals surface area contributed by atoms with E-state index in [2.05, 4.69) is 161 Å². The molecule has 0 fully saturated rings. The fraction of sp³-hybridized carbons (Fsp3) is 0.0465. The van der Waals surface area contributed by atoms with Gasteiger partial charge in [-0.15, -0.1) is 0 Å². The monoisotopic (exact) mass is 603 g/mol. The van der Waals surface area contributed by atoms with E-state index in [1.54, 1.807) is 0 Å². The van der Waals surface area contributed by atoms with Crippen LogP contribution in [0.15, 0.2) is 156 Å². The van der Waals surface area contributed by atoms with Gasteiger partial charge < -0.3 is 8.98 Å². The van der Waals surface area contributed by atoms with E-state index in [0.717, 1.165) is 62.9 Å². The van der Waals surface area contributed by atoms with Gasteiger partial charge in [-0.25, -0.2) is 4.98 Å². The molecule has 0 aliphatic heterocycles. The van der Waals surface area contributed by atoms with Crippen LogP contribution < -0.4 is 0 Å². The molecule has 4 nitrogen and oxygen atoms in total. The Morgan fingerprint density at radius 1 is 0.511 bits per heavy atom. The van der Waals surface area contributed by atoms with Crippen molar-refractivity contribution in [2.75, 3.05) is 0 Å². The van der Waals surface area contributed by atoms with Gasteiger partial charge in [0.05, 0.1) is 27.8 Å². The summed E-state index contributed by atoms with van der Waals surface area (Å²) in [7, 11) is 0. The van der Waals surface area contributed by atoms with Gasteiger partial charge in [0.1, 0.15) is 11.4 Å². The van der Waals surface area contributed by atoms with Crippen LogP contribution in [0.1, 0.15) is 18.4 Å². The minimum atomic E-state index is 0.909. The smallest absolute Gasteiger partial charge is 0.159 e. The van der Waals surface area contributed by atoms with E-state index in [1.807, 2.05) is 0 Å². The van der Waals surface area contributed by atoms with E-state index in [9.17, 15) is 0 Å². The van der Waals surface area contributed by atoms with Crippen molar-refractivity contribution < 1.29 is 4.42 Å². The number of fused-ring (bicyclic) bond motifs is 7. The number of furan rings is 1. The Morgan fingerprint density at radius 2 is 1.21 bits per heavy atom. The largest absolute Gasteiger partial charge is 0.454 e. The first-order valence-corrected chi connectivity index (χ1v) is 16.2. The number of rotatable bonds is 4. The second-order valence-corrected chi connectivity index (χ2v) is 12.3. The predicted octanol–water partition coefficient (Wildman–Crippen LogP) is 11.4. The van der Waals surface area contributed by atoms with Gasteiger partial charge in [-0.3, -0.25) is 4.57 Å². The highest BCUT2D eigenvalue weighted by atomic mass is 16.3. The molecule has 3 aromatic heterocycles. The number of benzene rings is 6. The molecule has 1 aliphatic carbocycles. The highest BCUT2D eigenvalue weighted by Gasteiger charge is 2.20. The lowest BCUT2D eigenvalue weighted by Gasteiger charge is -2.18. The Hall–Kier alpha value is -6.13. The van der Waals surface area contributed by atoms with E-state index >= 15 is 0 Å². The standard InChI is InChI=1S/C43H29N3O/c1-2-11-29(12-3-1)43-44-36-16-6-9-19-39(36)45(43)31-24-21-28(22-25-31)30-23-26-34-35-15-10-20-40(42(35)47-41(34)27-30)46-37-17-7-4-13-32(37)33-14-5-8-18-38(33)46/h1-21,23-24,26-27H,22,25H2. The minimum absolute atomic E-state index is 0.909. The summed E-state index contributed by atoms with van der Waals surface area (Å²) >= 11 is 0. The zero-order valence-electron chi connectivity index (χ0n) is 25.6. The predicted molar refractivity (Wildman–Crippen MR) is 195 cm³/mol. The third-order valence-electron chi connectivity index (χ3n) is 9.68. The van der Waals surface area contributed by atoms with Crippen molar-refractivity contribution in [2.45, 2.75) is 12.8 Å². The first-order valence-electron chi connectivity index (χ1n) is 16.2. The summed E-state index contributed by atoms with van der Waals surface area (Å²) in [5, 5.41) is 4.76. The van der Waals surface area contributed by atoms with Crippen molar-refractivity contribution in [1.82, 2.24) is 14.1 Å². The molecule has 9 aromatic rings. The molecule has 3 heterocycles. The molecule has 0 spiro atoms. The molecule has 0 bridgehead atoms. The summed E-state index contributed by atoms with van der Waals surface area (Å²) in [5.74, 6) is 0.984. The molecule has 222 valence electrons. The normalized spacial score (nSPS) is 13.6. The molecule has 6 aromatic carbocycles. The molecule has 0 saturated heterocycles. The van der Waals surface area contributed by atoms with Crippen molar-refractivity contribution in [2.24, 2.45) is 0 Å². The van der Waals surface area contributed by atoms with E-state index < -0.39 is 0 Å². The van der Waals surface area contributed by atoms with Crippen LogP contribution >= 0.6 is 0 Å². The van der Waals surface area contributed by atoms with Gasteiger partial charge in [-0.1, -0.05) is 103 Å². The fourth-order valence-corrected chi connectivity index (χ4v) is 7.49. The van der Waals surface area contributed by atoms with Crippen LogP contribution in [0.4, 0.5) is 0 Å². The third kappa shape index (κ3) is 3.98. The summed E-state index contributed by atoms with van der Waals surface area (Å²) in [6, 6.07) is 49.3. The molecule has 0 unspecified atom stereocenters. The lowest BCUT2D eigenvalue weighted by Crippen LogP contribution is -2.03. The van der Waals surface area contributed by atoms with E-state index in [4.69, 9.17) is 9.40 Å². The Labute approximate surface area is 271 Å². The van der Waals surface area contributed by atoms with Gasteiger partial charge in [0, 0.05) is 32.8 Å². The van der Waals surface area contributed by atoms with Crippen LogP contribution in [-0.4, -0.2) is 14.1 Å². The van der Waals surface area contributed by atoms with Crippen LogP contribution in [-0.2, 0) is 0 Å². The molecular formula is C43H29N3O. The van der Waals surface area contributed by atoms with Gasteiger partial charge in [0.25, 0.3) is 0 Å². The van der Waals surface area contributed by atoms with Crippen LogP contribution in [0.25, 0.3) is 83.1 Å². The van der Waals surface area contributed by atoms with Gasteiger partial charge >= 0.3 is 0 Å². The summed E-state index contributed by atoms with van der Waals surface area (Å²) in [4.78, 5) is 5.04. The first-order chi connectivity index (χ1) is 23.3. The number of nitrogens with zero attached hydrogens (tertiary/aromatic N) is 3. The molecule has 1 aliphatic rings. The van der Waals surface area contributed by atoms with Gasteiger partial charge in [-0.05, 0) is 72.5 Å². The van der Waals surface area contributed by atoms with Gasteiger partial charge in [0.2, 0.25) is 0 Å². The zero-order chi connectivity index (χ0) is 30.9. The second kappa shape index (κ2) is 10.2. The van der Waals surface area contributed by atoms with Crippen LogP contribution in [0.3, 0.4) is 0 Å². The first kappa shape index (κ1) is 26.1. The fourth-order valence-electron chi connectivity index (χ4n) is 7.49. The lowest BCUT2D eigenvalue weighted by atomic mass is 9.95.